The van der Waals surface area contributed by atoms with Crippen LogP contribution < -0.4 is 0 Å². The van der Waals surface area contributed by atoms with Crippen molar-refractivity contribution < 1.29 is 24.9 Å². The Bertz CT molecular complexity index is 261. The predicted molar refractivity (Wildman–Crippen MR) is 39.7 cm³/mol. The number of rotatable bonds is 3. The molecule has 0 aliphatic heterocycles. The molecule has 0 atom stereocenters. The topological polar surface area (TPSA) is 94.8 Å². The number of aliphatic hydroxyl groups is 1. The van der Waals surface area contributed by atoms with E-state index in [2.05, 4.69) is 0 Å². The molecule has 0 aromatic carbocycles. The molecule has 0 rings (SSSR count). The van der Waals surface area contributed by atoms with Gasteiger partial charge in [0, 0.05) is 6.08 Å². The zero-order valence-electron chi connectivity index (χ0n) is 6.31. The first-order valence-corrected chi connectivity index (χ1v) is 3.02. The highest BCUT2D eigenvalue weighted by Crippen LogP contribution is 2.00. The molecule has 0 amide bonds. The quantitative estimate of drug-likeness (QED) is 0.328. The third-order valence-corrected chi connectivity index (χ3v) is 1.07. The van der Waals surface area contributed by atoms with Crippen molar-refractivity contribution in [2.75, 3.05) is 0 Å². The summed E-state index contributed by atoms with van der Waals surface area (Å²) in [4.78, 5) is 20.3. The standard InChI is InChI=1S/C7H8O5/c1-2-4(6(9)10)3-5(8)7(11)12/h2-3,8H,1H3,(H,9,10)(H,11,12)/b4-2-,5-3-. The van der Waals surface area contributed by atoms with E-state index in [1.807, 2.05) is 0 Å². The summed E-state index contributed by atoms with van der Waals surface area (Å²) >= 11 is 0. The Morgan fingerprint density at radius 1 is 1.08 bits per heavy atom. The van der Waals surface area contributed by atoms with E-state index in [-0.39, 0.29) is 5.57 Å². The van der Waals surface area contributed by atoms with Crippen molar-refractivity contribution in [2.24, 2.45) is 0 Å². The van der Waals surface area contributed by atoms with Gasteiger partial charge in [-0.2, -0.15) is 0 Å². The minimum absolute atomic E-state index is 0.269. The first kappa shape index (κ1) is 10.2. The van der Waals surface area contributed by atoms with Crippen molar-refractivity contribution in [3.05, 3.63) is 23.5 Å². The molecule has 0 unspecified atom stereocenters. The number of aliphatic hydroxyl groups excluding tert-OH is 1. The molecule has 0 saturated carbocycles. The monoisotopic (exact) mass is 172 g/mol. The van der Waals surface area contributed by atoms with Crippen molar-refractivity contribution in [3.63, 3.8) is 0 Å². The van der Waals surface area contributed by atoms with Crippen LogP contribution in [0.2, 0.25) is 0 Å². The number of hydrogen-bond donors (Lipinski definition) is 3. The molecule has 5 nitrogen and oxygen atoms in total. The molecular formula is C7H8O5. The smallest absolute Gasteiger partial charge is 0.370 e. The molecule has 0 radical (unpaired) electrons. The van der Waals surface area contributed by atoms with E-state index < -0.39 is 17.7 Å². The Morgan fingerprint density at radius 2 is 1.58 bits per heavy atom. The van der Waals surface area contributed by atoms with E-state index in [9.17, 15) is 9.59 Å². The van der Waals surface area contributed by atoms with Crippen molar-refractivity contribution in [1.82, 2.24) is 0 Å². The number of carboxylic acids is 2. The molecule has 0 bridgehead atoms. The van der Waals surface area contributed by atoms with Gasteiger partial charge in [-0.1, -0.05) is 6.08 Å². The summed E-state index contributed by atoms with van der Waals surface area (Å²) in [6.07, 6.45) is 1.85. The molecule has 66 valence electrons. The van der Waals surface area contributed by atoms with Gasteiger partial charge in [-0.15, -0.1) is 0 Å². The van der Waals surface area contributed by atoms with Crippen LogP contribution in [0.4, 0.5) is 0 Å². The van der Waals surface area contributed by atoms with Crippen LogP contribution in [0, 0.1) is 0 Å². The summed E-state index contributed by atoms with van der Waals surface area (Å²) in [6.45, 7) is 1.43. The van der Waals surface area contributed by atoms with Gasteiger partial charge >= 0.3 is 11.9 Å². The van der Waals surface area contributed by atoms with Crippen molar-refractivity contribution in [3.8, 4) is 0 Å². The molecule has 0 aromatic heterocycles. The number of carboxylic acid groups (broad SMARTS) is 2. The van der Waals surface area contributed by atoms with Gasteiger partial charge in [0.15, 0.2) is 0 Å². The summed E-state index contributed by atoms with van der Waals surface area (Å²) in [5.41, 5.74) is -0.269. The average molecular weight is 172 g/mol. The van der Waals surface area contributed by atoms with Crippen LogP contribution in [-0.4, -0.2) is 27.3 Å². The molecule has 0 fully saturated rings. The maximum Gasteiger partial charge on any atom is 0.370 e. The lowest BCUT2D eigenvalue weighted by atomic mass is 10.2. The lowest BCUT2D eigenvalue weighted by Crippen LogP contribution is -2.03. The van der Waals surface area contributed by atoms with Crippen LogP contribution in [0.25, 0.3) is 0 Å². The van der Waals surface area contributed by atoms with Crippen LogP contribution in [0.15, 0.2) is 23.5 Å². The van der Waals surface area contributed by atoms with Crippen molar-refractivity contribution in [1.29, 1.82) is 0 Å². The number of allylic oxidation sites excluding steroid dienone is 1. The summed E-state index contributed by atoms with van der Waals surface area (Å²) < 4.78 is 0. The van der Waals surface area contributed by atoms with Crippen LogP contribution in [0.5, 0.6) is 0 Å². The first-order chi connectivity index (χ1) is 5.49. The molecule has 0 aromatic rings. The van der Waals surface area contributed by atoms with Gasteiger partial charge in [0.25, 0.3) is 0 Å². The predicted octanol–water partition coefficient (Wildman–Crippen LogP) is 0.544. The maximum atomic E-state index is 10.3. The third-order valence-electron chi connectivity index (χ3n) is 1.07. The van der Waals surface area contributed by atoms with Crippen molar-refractivity contribution >= 4 is 11.9 Å². The second-order valence-corrected chi connectivity index (χ2v) is 1.88. The summed E-state index contributed by atoms with van der Waals surface area (Å²) in [5, 5.41) is 25.2. The molecule has 0 aliphatic carbocycles. The summed E-state index contributed by atoms with van der Waals surface area (Å²) in [7, 11) is 0. The van der Waals surface area contributed by atoms with E-state index in [1.165, 1.54) is 13.0 Å². The van der Waals surface area contributed by atoms with Crippen LogP contribution in [0.1, 0.15) is 6.92 Å². The fraction of sp³-hybridized carbons (Fsp3) is 0.143. The van der Waals surface area contributed by atoms with Gasteiger partial charge in [0.2, 0.25) is 5.76 Å². The van der Waals surface area contributed by atoms with Crippen LogP contribution in [-0.2, 0) is 9.59 Å². The molecule has 0 saturated heterocycles. The number of carbonyl (C=O) groups is 2. The van der Waals surface area contributed by atoms with Gasteiger partial charge in [-0.25, -0.2) is 9.59 Å². The average Bonchev–Trinajstić information content (AvgIpc) is 1.98. The van der Waals surface area contributed by atoms with E-state index in [0.29, 0.717) is 6.08 Å². The Labute approximate surface area is 68.3 Å². The van der Waals surface area contributed by atoms with Gasteiger partial charge in [-0.3, -0.25) is 0 Å². The summed E-state index contributed by atoms with van der Waals surface area (Å²) in [5.74, 6) is -3.84. The number of aliphatic carboxylic acids is 2. The van der Waals surface area contributed by atoms with Crippen LogP contribution >= 0.6 is 0 Å². The Balaban J connectivity index is 4.72. The van der Waals surface area contributed by atoms with Crippen molar-refractivity contribution in [2.45, 2.75) is 6.92 Å². The summed E-state index contributed by atoms with van der Waals surface area (Å²) in [6, 6.07) is 0. The van der Waals surface area contributed by atoms with E-state index in [4.69, 9.17) is 15.3 Å². The fourth-order valence-electron chi connectivity index (χ4n) is 0.478. The Kier molecular flexibility index (Phi) is 3.55. The second-order valence-electron chi connectivity index (χ2n) is 1.88. The highest BCUT2D eigenvalue weighted by molar-refractivity contribution is 5.93. The zero-order valence-corrected chi connectivity index (χ0v) is 6.31. The molecular weight excluding hydrogens is 164 g/mol. The Morgan fingerprint density at radius 3 is 1.83 bits per heavy atom. The van der Waals surface area contributed by atoms with E-state index >= 15 is 0 Å². The first-order valence-electron chi connectivity index (χ1n) is 3.02. The minimum atomic E-state index is -1.56. The van der Waals surface area contributed by atoms with Crippen LogP contribution in [0.3, 0.4) is 0 Å². The minimum Gasteiger partial charge on any atom is -0.502 e. The lowest BCUT2D eigenvalue weighted by Gasteiger charge is -1.93. The SMILES string of the molecule is C/C=C(/C=C(\O)C(=O)O)C(=O)O. The fourth-order valence-corrected chi connectivity index (χ4v) is 0.478. The highest BCUT2D eigenvalue weighted by atomic mass is 16.4. The Hall–Kier alpha value is -1.78. The highest BCUT2D eigenvalue weighted by Gasteiger charge is 2.08. The van der Waals surface area contributed by atoms with Gasteiger partial charge in [-0.05, 0) is 6.92 Å². The molecule has 3 N–H and O–H groups in total. The lowest BCUT2D eigenvalue weighted by molar-refractivity contribution is -0.135. The zero-order chi connectivity index (χ0) is 9.72. The molecule has 0 aliphatic rings. The van der Waals surface area contributed by atoms with Gasteiger partial charge in [0.05, 0.1) is 5.57 Å². The second kappa shape index (κ2) is 4.17. The molecule has 0 spiro atoms. The van der Waals surface area contributed by atoms with Gasteiger partial charge in [0.1, 0.15) is 0 Å². The maximum absolute atomic E-state index is 10.3. The van der Waals surface area contributed by atoms with E-state index in [1.54, 1.807) is 0 Å². The normalized spacial score (nSPS) is 12.8. The largest absolute Gasteiger partial charge is 0.502 e. The van der Waals surface area contributed by atoms with E-state index in [0.717, 1.165) is 0 Å². The third kappa shape index (κ3) is 2.87. The molecule has 0 heterocycles. The number of hydrogen-bond acceptors (Lipinski definition) is 3. The van der Waals surface area contributed by atoms with Gasteiger partial charge < -0.3 is 15.3 Å². The molecule has 12 heavy (non-hydrogen) atoms. The molecule has 5 heteroatoms.